The SMILES string of the molecule is Cc1nc(C)n(C2(C(=O)O)CCCCC2C)n1. The normalized spacial score (nSPS) is 29.2. The van der Waals surface area contributed by atoms with Crippen molar-refractivity contribution in [2.24, 2.45) is 5.92 Å². The van der Waals surface area contributed by atoms with E-state index in [1.54, 1.807) is 11.6 Å². The Morgan fingerprint density at radius 3 is 2.65 bits per heavy atom. The highest BCUT2D eigenvalue weighted by Crippen LogP contribution is 2.40. The molecule has 5 heteroatoms. The highest BCUT2D eigenvalue weighted by atomic mass is 16.4. The summed E-state index contributed by atoms with van der Waals surface area (Å²) < 4.78 is 1.63. The van der Waals surface area contributed by atoms with Crippen molar-refractivity contribution in [3.63, 3.8) is 0 Å². The molecule has 2 unspecified atom stereocenters. The molecule has 0 aliphatic heterocycles. The Balaban J connectivity index is 2.54. The Morgan fingerprint density at radius 1 is 1.47 bits per heavy atom. The number of hydrogen-bond donors (Lipinski definition) is 1. The van der Waals surface area contributed by atoms with Crippen LogP contribution in [0.1, 0.15) is 44.3 Å². The molecule has 2 atom stereocenters. The van der Waals surface area contributed by atoms with Gasteiger partial charge < -0.3 is 5.11 Å². The van der Waals surface area contributed by atoms with Gasteiger partial charge in [-0.2, -0.15) is 5.10 Å². The van der Waals surface area contributed by atoms with Gasteiger partial charge in [-0.25, -0.2) is 14.5 Å². The van der Waals surface area contributed by atoms with E-state index < -0.39 is 11.5 Å². The first-order valence-corrected chi connectivity index (χ1v) is 6.12. The van der Waals surface area contributed by atoms with E-state index in [1.165, 1.54) is 0 Å². The van der Waals surface area contributed by atoms with E-state index in [4.69, 9.17) is 0 Å². The van der Waals surface area contributed by atoms with Gasteiger partial charge in [0.15, 0.2) is 5.54 Å². The molecule has 1 aromatic rings. The maximum absolute atomic E-state index is 11.8. The second kappa shape index (κ2) is 4.13. The number of nitrogens with zero attached hydrogens (tertiary/aromatic N) is 3. The Bertz CT molecular complexity index is 441. The molecule has 17 heavy (non-hydrogen) atoms. The number of hydrogen-bond acceptors (Lipinski definition) is 3. The van der Waals surface area contributed by atoms with E-state index in [2.05, 4.69) is 10.1 Å². The summed E-state index contributed by atoms with van der Waals surface area (Å²) in [4.78, 5) is 16.0. The number of carbonyl (C=O) groups is 1. The van der Waals surface area contributed by atoms with Gasteiger partial charge in [0.1, 0.15) is 11.6 Å². The lowest BCUT2D eigenvalue weighted by Crippen LogP contribution is -2.50. The van der Waals surface area contributed by atoms with Gasteiger partial charge in [0, 0.05) is 0 Å². The van der Waals surface area contributed by atoms with Crippen molar-refractivity contribution in [3.8, 4) is 0 Å². The summed E-state index contributed by atoms with van der Waals surface area (Å²) in [5.41, 5.74) is -0.899. The zero-order chi connectivity index (χ0) is 12.6. The van der Waals surface area contributed by atoms with Crippen molar-refractivity contribution in [1.29, 1.82) is 0 Å². The molecule has 1 saturated carbocycles. The minimum absolute atomic E-state index is 0.0912. The van der Waals surface area contributed by atoms with Gasteiger partial charge >= 0.3 is 5.97 Å². The lowest BCUT2D eigenvalue weighted by Gasteiger charge is -2.39. The smallest absolute Gasteiger partial charge is 0.332 e. The molecule has 1 aliphatic rings. The van der Waals surface area contributed by atoms with E-state index in [-0.39, 0.29) is 5.92 Å². The van der Waals surface area contributed by atoms with Crippen LogP contribution in [0.3, 0.4) is 0 Å². The van der Waals surface area contributed by atoms with Crippen LogP contribution in [-0.4, -0.2) is 25.8 Å². The molecular weight excluding hydrogens is 218 g/mol. The monoisotopic (exact) mass is 237 g/mol. The van der Waals surface area contributed by atoms with Crippen LogP contribution >= 0.6 is 0 Å². The molecule has 1 fully saturated rings. The van der Waals surface area contributed by atoms with Gasteiger partial charge in [-0.15, -0.1) is 0 Å². The molecule has 2 rings (SSSR count). The first-order valence-electron chi connectivity index (χ1n) is 6.12. The molecular formula is C12H19N3O2. The van der Waals surface area contributed by atoms with Crippen LogP contribution < -0.4 is 0 Å². The quantitative estimate of drug-likeness (QED) is 0.852. The highest BCUT2D eigenvalue weighted by molar-refractivity contribution is 5.77. The maximum Gasteiger partial charge on any atom is 0.332 e. The zero-order valence-corrected chi connectivity index (χ0v) is 10.6. The number of aromatic nitrogens is 3. The van der Waals surface area contributed by atoms with E-state index in [1.807, 2.05) is 13.8 Å². The molecule has 1 heterocycles. The van der Waals surface area contributed by atoms with Gasteiger partial charge in [0.05, 0.1) is 0 Å². The van der Waals surface area contributed by atoms with E-state index in [0.717, 1.165) is 19.3 Å². The van der Waals surface area contributed by atoms with Crippen LogP contribution in [0.4, 0.5) is 0 Å². The second-order valence-corrected chi connectivity index (χ2v) is 4.99. The molecule has 1 N–H and O–H groups in total. The Morgan fingerprint density at radius 2 is 2.18 bits per heavy atom. The Labute approximate surface area is 101 Å². The van der Waals surface area contributed by atoms with Crippen LogP contribution in [0, 0.1) is 19.8 Å². The molecule has 0 bridgehead atoms. The van der Waals surface area contributed by atoms with E-state index >= 15 is 0 Å². The average molecular weight is 237 g/mol. The summed E-state index contributed by atoms with van der Waals surface area (Å²) in [7, 11) is 0. The number of aliphatic carboxylic acids is 1. The lowest BCUT2D eigenvalue weighted by molar-refractivity contribution is -0.153. The molecule has 94 valence electrons. The molecule has 0 amide bonds. The maximum atomic E-state index is 11.8. The molecule has 0 saturated heterocycles. The van der Waals surface area contributed by atoms with Gasteiger partial charge in [-0.1, -0.05) is 19.8 Å². The van der Waals surface area contributed by atoms with Crippen LogP contribution in [0.15, 0.2) is 0 Å². The largest absolute Gasteiger partial charge is 0.479 e. The fourth-order valence-corrected chi connectivity index (χ4v) is 2.95. The summed E-state index contributed by atoms with van der Waals surface area (Å²) in [5.74, 6) is 0.644. The second-order valence-electron chi connectivity index (χ2n) is 4.99. The Kier molecular flexibility index (Phi) is 2.93. The third-order valence-electron chi connectivity index (χ3n) is 3.88. The predicted molar refractivity (Wildman–Crippen MR) is 62.7 cm³/mol. The van der Waals surface area contributed by atoms with Crippen LogP contribution in [0.25, 0.3) is 0 Å². The zero-order valence-electron chi connectivity index (χ0n) is 10.6. The van der Waals surface area contributed by atoms with E-state index in [9.17, 15) is 9.90 Å². The first kappa shape index (κ1) is 12.1. The summed E-state index contributed by atoms with van der Waals surface area (Å²) in [6.07, 6.45) is 3.62. The van der Waals surface area contributed by atoms with Gasteiger partial charge in [-0.3, -0.25) is 0 Å². The average Bonchev–Trinajstić information content (AvgIpc) is 2.58. The molecule has 0 aromatic carbocycles. The molecule has 0 radical (unpaired) electrons. The summed E-state index contributed by atoms with van der Waals surface area (Å²) in [6.45, 7) is 5.63. The molecule has 0 spiro atoms. The number of rotatable bonds is 2. The van der Waals surface area contributed by atoms with Crippen molar-refractivity contribution in [2.45, 2.75) is 52.0 Å². The van der Waals surface area contributed by atoms with Gasteiger partial charge in [-0.05, 0) is 32.6 Å². The van der Waals surface area contributed by atoms with Crippen molar-refractivity contribution in [2.75, 3.05) is 0 Å². The third-order valence-corrected chi connectivity index (χ3v) is 3.88. The van der Waals surface area contributed by atoms with Gasteiger partial charge in [0.25, 0.3) is 0 Å². The summed E-state index contributed by atoms with van der Waals surface area (Å²) >= 11 is 0. The third kappa shape index (κ3) is 1.73. The van der Waals surface area contributed by atoms with Crippen molar-refractivity contribution in [1.82, 2.24) is 14.8 Å². The molecule has 1 aromatic heterocycles. The van der Waals surface area contributed by atoms with Gasteiger partial charge in [0.2, 0.25) is 0 Å². The summed E-state index contributed by atoms with van der Waals surface area (Å²) in [6, 6.07) is 0. The number of carboxylic acids is 1. The lowest BCUT2D eigenvalue weighted by atomic mass is 9.73. The van der Waals surface area contributed by atoms with Crippen molar-refractivity contribution >= 4 is 5.97 Å². The molecule has 1 aliphatic carbocycles. The highest BCUT2D eigenvalue weighted by Gasteiger charge is 2.48. The van der Waals surface area contributed by atoms with E-state index in [0.29, 0.717) is 18.1 Å². The van der Waals surface area contributed by atoms with Crippen LogP contribution in [0.2, 0.25) is 0 Å². The fourth-order valence-electron chi connectivity index (χ4n) is 2.95. The topological polar surface area (TPSA) is 68.0 Å². The molecule has 5 nitrogen and oxygen atoms in total. The van der Waals surface area contributed by atoms with Crippen molar-refractivity contribution in [3.05, 3.63) is 11.6 Å². The Hall–Kier alpha value is -1.39. The number of aryl methyl sites for hydroxylation is 2. The standard InChI is InChI=1S/C12H19N3O2/c1-8-6-4-5-7-12(8,11(16)17)15-10(3)13-9(2)14-15/h8H,4-7H2,1-3H3,(H,16,17). The minimum Gasteiger partial charge on any atom is -0.479 e. The fraction of sp³-hybridized carbons (Fsp3) is 0.750. The number of carboxylic acid groups (broad SMARTS) is 1. The predicted octanol–water partition coefficient (Wildman–Crippen LogP) is 1.88. The van der Waals surface area contributed by atoms with Crippen LogP contribution in [-0.2, 0) is 10.3 Å². The first-order chi connectivity index (χ1) is 7.98. The summed E-state index contributed by atoms with van der Waals surface area (Å²) in [5, 5.41) is 14.0. The van der Waals surface area contributed by atoms with Crippen LogP contribution in [0.5, 0.6) is 0 Å². The minimum atomic E-state index is -0.899. The van der Waals surface area contributed by atoms with Crippen molar-refractivity contribution < 1.29 is 9.90 Å².